The second-order valence-corrected chi connectivity index (χ2v) is 4.44. The fraction of sp³-hybridized carbons (Fsp3) is 0.312. The molecular formula is C16H18NO3Y-. The Morgan fingerprint density at radius 1 is 1.29 bits per heavy atom. The molecule has 4 nitrogen and oxygen atoms in total. The van der Waals surface area contributed by atoms with Gasteiger partial charge in [0.15, 0.2) is 12.4 Å². The van der Waals surface area contributed by atoms with Crippen LogP contribution in [0.3, 0.4) is 0 Å². The first-order valence-electron chi connectivity index (χ1n) is 6.51. The molecule has 1 radical (unpaired) electrons. The Bertz CT molecular complexity index is 652. The number of hydrogen-bond donors (Lipinski definition) is 0. The maximum Gasteiger partial charge on any atom is 0.194 e. The van der Waals surface area contributed by atoms with Gasteiger partial charge in [0, 0.05) is 46.4 Å². The largest absolute Gasteiger partial charge is 0.468 e. The van der Waals surface area contributed by atoms with E-state index in [0.717, 1.165) is 22.6 Å². The van der Waals surface area contributed by atoms with E-state index in [1.807, 2.05) is 32.0 Å². The Balaban J connectivity index is 0.00000220. The summed E-state index contributed by atoms with van der Waals surface area (Å²) in [6.45, 7) is 4.77. The third-order valence-electron chi connectivity index (χ3n) is 3.09. The summed E-state index contributed by atoms with van der Waals surface area (Å²) >= 11 is 0. The van der Waals surface area contributed by atoms with Crippen LogP contribution in [0.2, 0.25) is 0 Å². The van der Waals surface area contributed by atoms with Gasteiger partial charge in [-0.2, -0.15) is 12.1 Å². The van der Waals surface area contributed by atoms with Crippen molar-refractivity contribution in [1.29, 1.82) is 0 Å². The second-order valence-electron chi connectivity index (χ2n) is 4.44. The van der Waals surface area contributed by atoms with Gasteiger partial charge in [0.1, 0.15) is 5.75 Å². The molecule has 0 N–H and O–H groups in total. The third-order valence-corrected chi connectivity index (χ3v) is 3.09. The van der Waals surface area contributed by atoms with Crippen LogP contribution >= 0.6 is 0 Å². The summed E-state index contributed by atoms with van der Waals surface area (Å²) < 4.78 is 12.0. The Morgan fingerprint density at radius 2 is 2.05 bits per heavy atom. The van der Waals surface area contributed by atoms with Crippen LogP contribution in [-0.2, 0) is 44.0 Å². The Hall–Kier alpha value is -0.966. The number of rotatable bonds is 5. The molecule has 0 spiro atoms. The summed E-state index contributed by atoms with van der Waals surface area (Å²) in [5, 5.41) is 0. The molecule has 0 aliphatic carbocycles. The van der Waals surface area contributed by atoms with Gasteiger partial charge in [-0.1, -0.05) is 29.8 Å². The molecule has 21 heavy (non-hydrogen) atoms. The second kappa shape index (κ2) is 8.47. The van der Waals surface area contributed by atoms with E-state index in [9.17, 15) is 4.79 Å². The Morgan fingerprint density at radius 3 is 2.67 bits per heavy atom. The van der Waals surface area contributed by atoms with Crippen molar-refractivity contribution in [2.45, 2.75) is 20.4 Å². The summed E-state index contributed by atoms with van der Waals surface area (Å²) in [5.74, 6) is 0.745. The van der Waals surface area contributed by atoms with Gasteiger partial charge < -0.3 is 14.0 Å². The number of ether oxygens (including phenoxy) is 2. The minimum atomic E-state index is -0.0136. The summed E-state index contributed by atoms with van der Waals surface area (Å²) in [4.78, 5) is 11.9. The fourth-order valence-corrected chi connectivity index (χ4v) is 2.13. The molecule has 2 rings (SSSR count). The van der Waals surface area contributed by atoms with Crippen LogP contribution in [0.1, 0.15) is 12.5 Å². The summed E-state index contributed by atoms with van der Waals surface area (Å²) in [5.41, 5.74) is 2.80. The zero-order chi connectivity index (χ0) is 14.5. The van der Waals surface area contributed by atoms with E-state index < -0.39 is 0 Å². The van der Waals surface area contributed by atoms with Crippen molar-refractivity contribution in [3.05, 3.63) is 52.3 Å². The molecule has 0 saturated heterocycles. The molecule has 0 bridgehead atoms. The van der Waals surface area contributed by atoms with Gasteiger partial charge in [0.25, 0.3) is 0 Å². The predicted octanol–water partition coefficient (Wildman–Crippen LogP) is 2.62. The van der Waals surface area contributed by atoms with Gasteiger partial charge >= 0.3 is 0 Å². The molecule has 2 aromatic rings. The number of aryl methyl sites for hydroxylation is 1. The number of methoxy groups -OCH3 is 1. The van der Waals surface area contributed by atoms with E-state index in [1.165, 1.54) is 6.07 Å². The summed E-state index contributed by atoms with van der Waals surface area (Å²) in [6.07, 6.45) is 0. The van der Waals surface area contributed by atoms with Crippen molar-refractivity contribution >= 4 is 0 Å². The smallest absolute Gasteiger partial charge is 0.194 e. The SMILES string of the molecule is CCn1c(-c2ccc(OCOC)cc2C)[c-]ccc1=O.[Y]. The van der Waals surface area contributed by atoms with E-state index in [4.69, 9.17) is 9.47 Å². The van der Waals surface area contributed by atoms with Crippen LogP contribution < -0.4 is 10.3 Å². The van der Waals surface area contributed by atoms with Crippen molar-refractivity contribution < 1.29 is 42.2 Å². The predicted molar refractivity (Wildman–Crippen MR) is 77.9 cm³/mol. The van der Waals surface area contributed by atoms with Crippen molar-refractivity contribution in [2.24, 2.45) is 0 Å². The number of pyridine rings is 1. The third kappa shape index (κ3) is 4.25. The molecule has 5 heteroatoms. The van der Waals surface area contributed by atoms with E-state index in [1.54, 1.807) is 17.7 Å². The molecule has 109 valence electrons. The van der Waals surface area contributed by atoms with Crippen LogP contribution in [0, 0.1) is 13.0 Å². The Labute approximate surface area is 150 Å². The fourth-order valence-electron chi connectivity index (χ4n) is 2.13. The molecule has 0 fully saturated rings. The van der Waals surface area contributed by atoms with Crippen molar-refractivity contribution in [1.82, 2.24) is 4.57 Å². The topological polar surface area (TPSA) is 40.5 Å². The zero-order valence-corrected chi connectivity index (χ0v) is 15.4. The molecule has 0 aliphatic rings. The van der Waals surface area contributed by atoms with Crippen molar-refractivity contribution in [3.63, 3.8) is 0 Å². The van der Waals surface area contributed by atoms with Crippen molar-refractivity contribution in [3.8, 4) is 17.0 Å². The molecule has 1 aromatic heterocycles. The van der Waals surface area contributed by atoms with Gasteiger partial charge in [-0.15, -0.1) is 6.07 Å². The van der Waals surface area contributed by atoms with E-state index >= 15 is 0 Å². The van der Waals surface area contributed by atoms with E-state index in [-0.39, 0.29) is 45.1 Å². The molecule has 0 unspecified atom stereocenters. The Kier molecular flexibility index (Phi) is 7.29. The average molecular weight is 361 g/mol. The van der Waals surface area contributed by atoms with Crippen LogP contribution in [0.5, 0.6) is 5.75 Å². The number of hydrogen-bond acceptors (Lipinski definition) is 3. The monoisotopic (exact) mass is 361 g/mol. The minimum absolute atomic E-state index is 0. The standard InChI is InChI=1S/C16H18NO3.Y/c1-4-17-15(6-5-7-16(17)18)14-9-8-13(10-12(14)2)20-11-19-3;/h5,7-10H,4,11H2,1-3H3;/q-1;. The molecule has 1 aromatic carbocycles. The van der Waals surface area contributed by atoms with Gasteiger partial charge in [-0.05, 0) is 19.1 Å². The first-order valence-corrected chi connectivity index (χ1v) is 6.51. The quantitative estimate of drug-likeness (QED) is 0.607. The molecule has 0 aliphatic heterocycles. The first kappa shape index (κ1) is 18.1. The maximum absolute atomic E-state index is 11.9. The van der Waals surface area contributed by atoms with Crippen LogP contribution in [0.25, 0.3) is 11.3 Å². The van der Waals surface area contributed by atoms with Crippen molar-refractivity contribution in [2.75, 3.05) is 13.9 Å². The van der Waals surface area contributed by atoms with E-state index in [2.05, 4.69) is 6.07 Å². The molecular weight excluding hydrogens is 343 g/mol. The van der Waals surface area contributed by atoms with Crippen LogP contribution in [0.15, 0.2) is 35.1 Å². The number of aromatic nitrogens is 1. The van der Waals surface area contributed by atoms with Gasteiger partial charge in [0.2, 0.25) is 0 Å². The average Bonchev–Trinajstić information content (AvgIpc) is 2.45. The summed E-state index contributed by atoms with van der Waals surface area (Å²) in [7, 11) is 1.58. The van der Waals surface area contributed by atoms with Gasteiger partial charge in [-0.25, -0.2) is 0 Å². The van der Waals surface area contributed by atoms with E-state index in [0.29, 0.717) is 6.54 Å². The van der Waals surface area contributed by atoms with Gasteiger partial charge in [-0.3, -0.25) is 4.79 Å². The summed E-state index contributed by atoms with van der Waals surface area (Å²) in [6, 6.07) is 12.1. The maximum atomic E-state index is 11.9. The molecule has 0 atom stereocenters. The van der Waals surface area contributed by atoms with Crippen LogP contribution in [-0.4, -0.2) is 18.5 Å². The number of nitrogens with zero attached hydrogens (tertiary/aromatic N) is 1. The molecule has 0 amide bonds. The number of benzene rings is 1. The normalized spacial score (nSPS) is 10.0. The first-order chi connectivity index (χ1) is 9.67. The van der Waals surface area contributed by atoms with Crippen LogP contribution in [0.4, 0.5) is 0 Å². The van der Waals surface area contributed by atoms with Gasteiger partial charge in [0.05, 0.1) is 0 Å². The molecule has 0 saturated carbocycles. The molecule has 1 heterocycles. The minimum Gasteiger partial charge on any atom is -0.468 e. The zero-order valence-electron chi connectivity index (χ0n) is 12.6.